The number of carbonyl (C=O) groups is 2. The number of furan rings is 1. The van der Waals surface area contributed by atoms with Crippen LogP contribution in [0.3, 0.4) is 0 Å². The van der Waals surface area contributed by atoms with Crippen LogP contribution in [-0.2, 0) is 4.79 Å². The summed E-state index contributed by atoms with van der Waals surface area (Å²) in [5.74, 6) is -0.477. The molecule has 5 heteroatoms. The van der Waals surface area contributed by atoms with E-state index in [0.29, 0.717) is 0 Å². The van der Waals surface area contributed by atoms with Gasteiger partial charge < -0.3 is 15.1 Å². The quantitative estimate of drug-likeness (QED) is 0.758. The van der Waals surface area contributed by atoms with Crippen LogP contribution in [0.1, 0.15) is 29.1 Å². The monoisotopic (exact) mass is 322 g/mol. The number of amides is 2. The predicted octanol–water partition coefficient (Wildman–Crippen LogP) is 3.04. The Hall–Kier alpha value is -3.08. The Kier molecular flexibility index (Phi) is 4.61. The van der Waals surface area contributed by atoms with E-state index in [1.807, 2.05) is 43.3 Å². The highest BCUT2D eigenvalue weighted by Crippen LogP contribution is 2.20. The Labute approximate surface area is 139 Å². The lowest BCUT2D eigenvalue weighted by atomic mass is 10.0. The van der Waals surface area contributed by atoms with Crippen molar-refractivity contribution in [1.82, 2.24) is 10.6 Å². The second-order valence-electron chi connectivity index (χ2n) is 5.56. The third-order valence-electron chi connectivity index (χ3n) is 3.81. The van der Waals surface area contributed by atoms with E-state index in [0.717, 1.165) is 16.3 Å². The lowest BCUT2D eigenvalue weighted by Crippen LogP contribution is -2.37. The van der Waals surface area contributed by atoms with Gasteiger partial charge >= 0.3 is 0 Å². The first-order valence-corrected chi connectivity index (χ1v) is 7.73. The molecule has 2 amide bonds. The SMILES string of the molecule is C[C@H](NC(=O)CNC(=O)c1ccco1)c1ccc2ccccc2c1. The van der Waals surface area contributed by atoms with Crippen molar-refractivity contribution in [2.24, 2.45) is 0 Å². The molecule has 3 aromatic rings. The molecule has 0 fully saturated rings. The van der Waals surface area contributed by atoms with Crippen molar-refractivity contribution < 1.29 is 14.0 Å². The van der Waals surface area contributed by atoms with Gasteiger partial charge in [0.2, 0.25) is 5.91 Å². The molecule has 2 N–H and O–H groups in total. The van der Waals surface area contributed by atoms with E-state index in [1.165, 1.54) is 6.26 Å². The fourth-order valence-corrected chi connectivity index (χ4v) is 2.51. The summed E-state index contributed by atoms with van der Waals surface area (Å²) in [6, 6.07) is 17.2. The Balaban J connectivity index is 1.57. The molecule has 5 nitrogen and oxygen atoms in total. The highest BCUT2D eigenvalue weighted by molar-refractivity contribution is 5.94. The molecule has 0 saturated carbocycles. The molecule has 1 aromatic heterocycles. The van der Waals surface area contributed by atoms with E-state index in [2.05, 4.69) is 16.7 Å². The van der Waals surface area contributed by atoms with E-state index >= 15 is 0 Å². The van der Waals surface area contributed by atoms with E-state index < -0.39 is 5.91 Å². The van der Waals surface area contributed by atoms with Gasteiger partial charge in [-0.2, -0.15) is 0 Å². The molecule has 24 heavy (non-hydrogen) atoms. The van der Waals surface area contributed by atoms with E-state index in [-0.39, 0.29) is 24.3 Å². The zero-order chi connectivity index (χ0) is 16.9. The summed E-state index contributed by atoms with van der Waals surface area (Å²) in [4.78, 5) is 23.7. The van der Waals surface area contributed by atoms with Gasteiger partial charge in [-0.05, 0) is 41.5 Å². The van der Waals surface area contributed by atoms with E-state index in [1.54, 1.807) is 12.1 Å². The summed E-state index contributed by atoms with van der Waals surface area (Å²) in [5.41, 5.74) is 1.01. The van der Waals surface area contributed by atoms with Crippen LogP contribution >= 0.6 is 0 Å². The standard InChI is InChI=1S/C19H18N2O3/c1-13(15-9-8-14-5-2-3-6-16(14)11-15)21-18(22)12-20-19(23)17-7-4-10-24-17/h2-11,13H,12H2,1H3,(H,20,23)(H,21,22)/t13-/m0/s1. The van der Waals surface area contributed by atoms with Gasteiger partial charge in [0, 0.05) is 0 Å². The van der Waals surface area contributed by atoms with Crippen LogP contribution < -0.4 is 10.6 Å². The van der Waals surface area contributed by atoms with Gasteiger partial charge in [-0.1, -0.05) is 36.4 Å². The van der Waals surface area contributed by atoms with Crippen molar-refractivity contribution in [3.8, 4) is 0 Å². The zero-order valence-electron chi connectivity index (χ0n) is 13.3. The normalized spacial score (nSPS) is 11.9. The second-order valence-corrected chi connectivity index (χ2v) is 5.56. The summed E-state index contributed by atoms with van der Waals surface area (Å²) in [7, 11) is 0. The molecule has 2 aromatic carbocycles. The summed E-state index contributed by atoms with van der Waals surface area (Å²) in [6.07, 6.45) is 1.41. The van der Waals surface area contributed by atoms with Crippen LogP contribution in [0.25, 0.3) is 10.8 Å². The minimum absolute atomic E-state index is 0.0997. The third-order valence-corrected chi connectivity index (χ3v) is 3.81. The van der Waals surface area contributed by atoms with E-state index in [9.17, 15) is 9.59 Å². The summed E-state index contributed by atoms with van der Waals surface area (Å²) >= 11 is 0. The smallest absolute Gasteiger partial charge is 0.287 e. The van der Waals surface area contributed by atoms with Crippen molar-refractivity contribution in [1.29, 1.82) is 0 Å². The highest BCUT2D eigenvalue weighted by Gasteiger charge is 2.13. The zero-order valence-corrected chi connectivity index (χ0v) is 13.3. The Morgan fingerprint density at radius 3 is 2.58 bits per heavy atom. The number of nitrogens with one attached hydrogen (secondary N) is 2. The Morgan fingerprint density at radius 1 is 1.04 bits per heavy atom. The first-order valence-electron chi connectivity index (χ1n) is 7.73. The van der Waals surface area contributed by atoms with Gasteiger partial charge in [-0.3, -0.25) is 9.59 Å². The fourth-order valence-electron chi connectivity index (χ4n) is 2.51. The van der Waals surface area contributed by atoms with Crippen molar-refractivity contribution in [3.05, 3.63) is 72.2 Å². The van der Waals surface area contributed by atoms with Crippen LogP contribution in [-0.4, -0.2) is 18.4 Å². The number of rotatable bonds is 5. The maximum absolute atomic E-state index is 12.0. The molecular formula is C19H18N2O3. The molecule has 0 bridgehead atoms. The lowest BCUT2D eigenvalue weighted by Gasteiger charge is -2.15. The summed E-state index contributed by atoms with van der Waals surface area (Å²) in [6.45, 7) is 1.81. The number of carbonyl (C=O) groups excluding carboxylic acids is 2. The lowest BCUT2D eigenvalue weighted by molar-refractivity contribution is -0.120. The minimum Gasteiger partial charge on any atom is -0.459 e. The molecule has 3 rings (SSSR count). The largest absolute Gasteiger partial charge is 0.459 e. The van der Waals surface area contributed by atoms with Crippen LogP contribution in [0, 0.1) is 0 Å². The van der Waals surface area contributed by atoms with Crippen molar-refractivity contribution in [3.63, 3.8) is 0 Å². The van der Waals surface area contributed by atoms with Gasteiger partial charge in [0.05, 0.1) is 18.8 Å². The molecule has 0 spiro atoms. The maximum atomic E-state index is 12.0. The topological polar surface area (TPSA) is 71.3 Å². The van der Waals surface area contributed by atoms with Crippen LogP contribution in [0.5, 0.6) is 0 Å². The molecule has 0 aliphatic rings. The molecule has 0 saturated heterocycles. The predicted molar refractivity (Wildman–Crippen MR) is 91.5 cm³/mol. The minimum atomic E-state index is -0.409. The summed E-state index contributed by atoms with van der Waals surface area (Å²) < 4.78 is 4.98. The van der Waals surface area contributed by atoms with Gasteiger partial charge in [0.25, 0.3) is 5.91 Å². The van der Waals surface area contributed by atoms with Crippen molar-refractivity contribution in [2.45, 2.75) is 13.0 Å². The van der Waals surface area contributed by atoms with Crippen LogP contribution in [0.15, 0.2) is 65.3 Å². The number of benzene rings is 2. The van der Waals surface area contributed by atoms with E-state index in [4.69, 9.17) is 4.42 Å². The molecule has 0 aliphatic carbocycles. The Bertz CT molecular complexity index is 856. The average molecular weight is 322 g/mol. The fraction of sp³-hybridized carbons (Fsp3) is 0.158. The molecule has 0 aliphatic heterocycles. The first kappa shape index (κ1) is 15.8. The van der Waals surface area contributed by atoms with Gasteiger partial charge in [-0.15, -0.1) is 0 Å². The third kappa shape index (κ3) is 3.63. The van der Waals surface area contributed by atoms with Crippen molar-refractivity contribution >= 4 is 22.6 Å². The summed E-state index contributed by atoms with van der Waals surface area (Å²) in [5, 5.41) is 7.69. The maximum Gasteiger partial charge on any atom is 0.287 e. The molecule has 1 atom stereocenters. The van der Waals surface area contributed by atoms with Gasteiger partial charge in [-0.25, -0.2) is 0 Å². The highest BCUT2D eigenvalue weighted by atomic mass is 16.3. The average Bonchev–Trinajstić information content (AvgIpc) is 3.14. The molecular weight excluding hydrogens is 304 g/mol. The Morgan fingerprint density at radius 2 is 1.83 bits per heavy atom. The number of hydrogen-bond donors (Lipinski definition) is 2. The first-order chi connectivity index (χ1) is 11.6. The molecule has 0 unspecified atom stereocenters. The van der Waals surface area contributed by atoms with Gasteiger partial charge in [0.1, 0.15) is 0 Å². The second kappa shape index (κ2) is 7.00. The molecule has 0 radical (unpaired) electrons. The molecule has 122 valence electrons. The van der Waals surface area contributed by atoms with Crippen LogP contribution in [0.4, 0.5) is 0 Å². The van der Waals surface area contributed by atoms with Crippen molar-refractivity contribution in [2.75, 3.05) is 6.54 Å². The number of hydrogen-bond acceptors (Lipinski definition) is 3. The van der Waals surface area contributed by atoms with Gasteiger partial charge in [0.15, 0.2) is 5.76 Å². The van der Waals surface area contributed by atoms with Crippen LogP contribution in [0.2, 0.25) is 0 Å². The molecule has 1 heterocycles. The number of fused-ring (bicyclic) bond motifs is 1.